The molecule has 0 bridgehead atoms. The van der Waals surface area contributed by atoms with E-state index in [0.29, 0.717) is 12.8 Å². The van der Waals surface area contributed by atoms with Gasteiger partial charge in [0.25, 0.3) is 5.79 Å². The van der Waals surface area contributed by atoms with E-state index in [1.165, 1.54) is 0 Å². The molecule has 0 atom stereocenters. The quantitative estimate of drug-likeness (QED) is 0.730. The number of hydrogen-bond donors (Lipinski definition) is 0. The van der Waals surface area contributed by atoms with Gasteiger partial charge in [0.05, 0.1) is 20.3 Å². The molecule has 2 fully saturated rings. The molecule has 0 unspecified atom stereocenters. The summed E-state index contributed by atoms with van der Waals surface area (Å²) in [5.41, 5.74) is -1.78. The van der Waals surface area contributed by atoms with Crippen LogP contribution in [0, 0.1) is 5.41 Å². The fraction of sp³-hybridized carbons (Fsp3) is 0.917. The van der Waals surface area contributed by atoms with Gasteiger partial charge in [-0.15, -0.1) is 0 Å². The van der Waals surface area contributed by atoms with Crippen molar-refractivity contribution in [3.05, 3.63) is 0 Å². The Labute approximate surface area is 109 Å². The van der Waals surface area contributed by atoms with Crippen molar-refractivity contribution in [3.8, 4) is 0 Å². The molecular formula is C12H17F3O4. The summed E-state index contributed by atoms with van der Waals surface area (Å²) in [5, 5.41) is 0. The molecule has 0 aromatic heterocycles. The van der Waals surface area contributed by atoms with E-state index in [1.54, 1.807) is 0 Å². The summed E-state index contributed by atoms with van der Waals surface area (Å²) in [7, 11) is 1.09. The Morgan fingerprint density at radius 3 is 2.05 bits per heavy atom. The van der Waals surface area contributed by atoms with E-state index in [4.69, 9.17) is 9.47 Å². The van der Waals surface area contributed by atoms with E-state index >= 15 is 0 Å². The van der Waals surface area contributed by atoms with Crippen LogP contribution < -0.4 is 0 Å². The van der Waals surface area contributed by atoms with Crippen LogP contribution in [0.1, 0.15) is 32.1 Å². The van der Waals surface area contributed by atoms with Gasteiger partial charge in [-0.2, -0.15) is 13.2 Å². The van der Waals surface area contributed by atoms with Gasteiger partial charge >= 0.3 is 12.1 Å². The van der Waals surface area contributed by atoms with Crippen molar-refractivity contribution in [2.45, 2.75) is 44.1 Å². The largest absolute Gasteiger partial charge is 0.468 e. The van der Waals surface area contributed by atoms with Crippen molar-refractivity contribution >= 4 is 5.97 Å². The smallest absolute Gasteiger partial charge is 0.444 e. The Kier molecular flexibility index (Phi) is 3.79. The normalized spacial score (nSPS) is 26.1. The van der Waals surface area contributed by atoms with E-state index < -0.39 is 23.3 Å². The fourth-order valence-corrected chi connectivity index (χ4v) is 3.14. The Balaban J connectivity index is 2.48. The first kappa shape index (κ1) is 14.6. The number of ether oxygens (including phenoxy) is 3. The molecule has 2 aliphatic rings. The molecule has 0 N–H and O–H groups in total. The number of carbonyl (C=O) groups is 1. The van der Waals surface area contributed by atoms with Gasteiger partial charge in [-0.05, 0) is 12.8 Å². The van der Waals surface area contributed by atoms with Crippen molar-refractivity contribution in [2.75, 3.05) is 20.3 Å². The van der Waals surface area contributed by atoms with Gasteiger partial charge in [0.15, 0.2) is 0 Å². The highest BCUT2D eigenvalue weighted by molar-refractivity contribution is 5.78. The maximum absolute atomic E-state index is 13.5. The second-order valence-electron chi connectivity index (χ2n) is 4.95. The van der Waals surface area contributed by atoms with Gasteiger partial charge in [-0.25, -0.2) is 0 Å². The molecular weight excluding hydrogens is 265 g/mol. The zero-order valence-corrected chi connectivity index (χ0v) is 10.7. The van der Waals surface area contributed by atoms with E-state index in [-0.39, 0.29) is 26.1 Å². The zero-order valence-electron chi connectivity index (χ0n) is 10.7. The summed E-state index contributed by atoms with van der Waals surface area (Å²) in [4.78, 5) is 12.0. The lowest BCUT2D eigenvalue weighted by Gasteiger charge is -2.46. The standard InChI is InChI=1S/C12H17F3O4/c1-17-9(16)10(5-3-2-4-6-10)11(12(13,14)15)18-7-8-19-11/h2-8H2,1H3. The second-order valence-corrected chi connectivity index (χ2v) is 4.95. The Morgan fingerprint density at radius 2 is 1.63 bits per heavy atom. The zero-order chi connectivity index (χ0) is 14.1. The van der Waals surface area contributed by atoms with Crippen LogP contribution >= 0.6 is 0 Å². The highest BCUT2D eigenvalue weighted by Gasteiger charge is 2.74. The minimum Gasteiger partial charge on any atom is -0.468 e. The average molecular weight is 282 g/mol. The summed E-state index contributed by atoms with van der Waals surface area (Å²) < 4.78 is 54.9. The summed E-state index contributed by atoms with van der Waals surface area (Å²) in [6, 6.07) is 0. The highest BCUT2D eigenvalue weighted by Crippen LogP contribution is 2.56. The summed E-state index contributed by atoms with van der Waals surface area (Å²) >= 11 is 0. The van der Waals surface area contributed by atoms with Crippen molar-refractivity contribution in [1.29, 1.82) is 0 Å². The molecule has 1 aliphatic heterocycles. The molecule has 4 nitrogen and oxygen atoms in total. The van der Waals surface area contributed by atoms with Crippen LogP contribution in [0.25, 0.3) is 0 Å². The van der Waals surface area contributed by atoms with Gasteiger partial charge in [-0.3, -0.25) is 4.79 Å². The molecule has 0 aromatic carbocycles. The third kappa shape index (κ3) is 2.03. The first-order valence-corrected chi connectivity index (χ1v) is 6.33. The molecule has 7 heteroatoms. The number of methoxy groups -OCH3 is 1. The van der Waals surface area contributed by atoms with Crippen LogP contribution in [0.2, 0.25) is 0 Å². The highest BCUT2D eigenvalue weighted by atomic mass is 19.4. The molecule has 0 amide bonds. The van der Waals surface area contributed by atoms with Crippen molar-refractivity contribution in [1.82, 2.24) is 0 Å². The third-order valence-electron chi connectivity index (χ3n) is 3.98. The van der Waals surface area contributed by atoms with Crippen molar-refractivity contribution in [3.63, 3.8) is 0 Å². The minimum absolute atomic E-state index is 0.0686. The van der Waals surface area contributed by atoms with Gasteiger partial charge in [-0.1, -0.05) is 19.3 Å². The number of carbonyl (C=O) groups excluding carboxylic acids is 1. The molecule has 110 valence electrons. The van der Waals surface area contributed by atoms with E-state index in [9.17, 15) is 18.0 Å². The van der Waals surface area contributed by atoms with Crippen molar-refractivity contribution in [2.24, 2.45) is 5.41 Å². The van der Waals surface area contributed by atoms with E-state index in [1.807, 2.05) is 0 Å². The molecule has 1 heterocycles. The SMILES string of the molecule is COC(=O)C1(C2(C(F)(F)F)OCCO2)CCCCC1. The number of halogens is 3. The van der Waals surface area contributed by atoms with Crippen LogP contribution in [0.15, 0.2) is 0 Å². The second kappa shape index (κ2) is 4.94. The van der Waals surface area contributed by atoms with Crippen LogP contribution in [0.3, 0.4) is 0 Å². The van der Waals surface area contributed by atoms with Crippen molar-refractivity contribution < 1.29 is 32.2 Å². The van der Waals surface area contributed by atoms with E-state index in [2.05, 4.69) is 4.74 Å². The van der Waals surface area contributed by atoms with Gasteiger partial charge in [0, 0.05) is 0 Å². The lowest BCUT2D eigenvalue weighted by molar-refractivity contribution is -0.386. The number of hydrogen-bond acceptors (Lipinski definition) is 4. The molecule has 1 aliphatic carbocycles. The minimum atomic E-state index is -4.77. The summed E-state index contributed by atoms with van der Waals surface area (Å²) in [5.74, 6) is -3.75. The first-order valence-electron chi connectivity index (χ1n) is 6.33. The maximum atomic E-state index is 13.5. The summed E-state index contributed by atoms with van der Waals surface area (Å²) in [6.07, 6.45) is -2.78. The Hall–Kier alpha value is -0.820. The molecule has 2 rings (SSSR count). The van der Waals surface area contributed by atoms with Crippen LogP contribution in [0.4, 0.5) is 13.2 Å². The molecule has 1 saturated carbocycles. The first-order chi connectivity index (χ1) is 8.90. The molecule has 1 saturated heterocycles. The molecule has 19 heavy (non-hydrogen) atoms. The number of alkyl halides is 3. The maximum Gasteiger partial charge on any atom is 0.444 e. The lowest BCUT2D eigenvalue weighted by Crippen LogP contribution is -2.63. The molecule has 0 aromatic rings. The lowest BCUT2D eigenvalue weighted by atomic mass is 9.67. The average Bonchev–Trinajstić information content (AvgIpc) is 2.89. The molecule has 0 spiro atoms. The number of rotatable bonds is 2. The Bertz CT molecular complexity index is 341. The summed E-state index contributed by atoms with van der Waals surface area (Å²) in [6.45, 7) is -0.337. The predicted molar refractivity (Wildman–Crippen MR) is 58.2 cm³/mol. The number of esters is 1. The van der Waals surface area contributed by atoms with Gasteiger partial charge in [0.1, 0.15) is 5.41 Å². The van der Waals surface area contributed by atoms with Crippen LogP contribution in [0.5, 0.6) is 0 Å². The molecule has 0 radical (unpaired) electrons. The topological polar surface area (TPSA) is 44.8 Å². The third-order valence-corrected chi connectivity index (χ3v) is 3.98. The Morgan fingerprint density at radius 1 is 1.11 bits per heavy atom. The van der Waals surface area contributed by atoms with E-state index in [0.717, 1.165) is 13.5 Å². The van der Waals surface area contributed by atoms with Gasteiger partial charge < -0.3 is 14.2 Å². The van der Waals surface area contributed by atoms with Crippen LogP contribution in [-0.2, 0) is 19.0 Å². The van der Waals surface area contributed by atoms with Crippen LogP contribution in [-0.4, -0.2) is 38.3 Å². The van der Waals surface area contributed by atoms with Gasteiger partial charge in [0.2, 0.25) is 0 Å². The monoisotopic (exact) mass is 282 g/mol. The fourth-order valence-electron chi connectivity index (χ4n) is 3.14. The predicted octanol–water partition coefficient (Wildman–Crippen LogP) is 2.42.